The van der Waals surface area contributed by atoms with Crippen molar-refractivity contribution in [2.75, 3.05) is 51.7 Å². The van der Waals surface area contributed by atoms with E-state index in [0.29, 0.717) is 23.4 Å². The van der Waals surface area contributed by atoms with Crippen LogP contribution < -0.4 is 5.32 Å². The number of benzene rings is 1. The molecule has 1 fully saturated rings. The summed E-state index contributed by atoms with van der Waals surface area (Å²) in [5.74, 6) is -1.86. The minimum Gasteiger partial charge on any atom is -0.460 e. The van der Waals surface area contributed by atoms with Gasteiger partial charge in [-0.2, -0.15) is 0 Å². The van der Waals surface area contributed by atoms with Crippen LogP contribution in [0.5, 0.6) is 0 Å². The van der Waals surface area contributed by atoms with E-state index in [1.165, 1.54) is 24.3 Å². The summed E-state index contributed by atoms with van der Waals surface area (Å²) in [6.07, 6.45) is 4.93. The molecule has 0 amide bonds. The molecule has 1 saturated heterocycles. The number of halogens is 1. The maximum atomic E-state index is 13.4. The molecule has 0 bridgehead atoms. The number of hydrogen-bond acceptors (Lipinski definition) is 8. The summed E-state index contributed by atoms with van der Waals surface area (Å²) >= 11 is 0. The van der Waals surface area contributed by atoms with Gasteiger partial charge in [0.1, 0.15) is 18.1 Å². The summed E-state index contributed by atoms with van der Waals surface area (Å²) in [6.45, 7) is 4.42. The fraction of sp³-hybridized carbons (Fsp3) is 0.269. The highest BCUT2D eigenvalue weighted by atomic mass is 19.1. The molecule has 2 N–H and O–H groups in total. The molecule has 2 aliphatic rings. The van der Waals surface area contributed by atoms with E-state index in [1.54, 1.807) is 24.5 Å². The number of carbonyl (C=O) groups is 2. The van der Waals surface area contributed by atoms with Crippen molar-refractivity contribution in [1.82, 2.24) is 19.8 Å². The summed E-state index contributed by atoms with van der Waals surface area (Å²) in [7, 11) is 2.07. The number of hydrogen-bond donors (Lipinski definition) is 2. The van der Waals surface area contributed by atoms with Crippen molar-refractivity contribution in [3.63, 3.8) is 0 Å². The van der Waals surface area contributed by atoms with Gasteiger partial charge in [-0.15, -0.1) is 0 Å². The first-order valence-corrected chi connectivity index (χ1v) is 11.7. The number of anilines is 1. The number of ether oxygens (including phenoxy) is 2. The number of piperazine rings is 1. The Bertz CT molecular complexity index is 1340. The Labute approximate surface area is 207 Å². The number of likely N-dealkylation sites (N-methyl/N-ethyl adjacent to an activating group) is 1. The molecule has 186 valence electrons. The largest absolute Gasteiger partial charge is 0.460 e. The van der Waals surface area contributed by atoms with Gasteiger partial charge in [0.05, 0.1) is 0 Å². The zero-order valence-electron chi connectivity index (χ0n) is 19.8. The fourth-order valence-corrected chi connectivity index (χ4v) is 4.12. The van der Waals surface area contributed by atoms with Gasteiger partial charge in [0.15, 0.2) is 11.3 Å². The number of H-pyrrole nitrogens is 1. The van der Waals surface area contributed by atoms with Crippen molar-refractivity contribution in [3.8, 4) is 0 Å². The molecule has 0 atom stereocenters. The van der Waals surface area contributed by atoms with Gasteiger partial charge in [-0.1, -0.05) is 0 Å². The van der Waals surface area contributed by atoms with Gasteiger partial charge in [0.2, 0.25) is 11.7 Å². The first-order valence-electron chi connectivity index (χ1n) is 11.7. The van der Waals surface area contributed by atoms with Gasteiger partial charge in [-0.3, -0.25) is 9.69 Å². The van der Waals surface area contributed by atoms with Crippen LogP contribution in [0.25, 0.3) is 17.1 Å². The van der Waals surface area contributed by atoms with Gasteiger partial charge in [-0.25, -0.2) is 14.2 Å². The van der Waals surface area contributed by atoms with Crippen LogP contribution in [0.3, 0.4) is 0 Å². The molecular formula is C26H26FN5O4. The van der Waals surface area contributed by atoms with Gasteiger partial charge in [0.25, 0.3) is 0 Å². The number of aromatic amines is 1. The Morgan fingerprint density at radius 3 is 2.78 bits per heavy atom. The first kappa shape index (κ1) is 23.7. The maximum absolute atomic E-state index is 13.4. The Hall–Kier alpha value is -4.02. The Kier molecular flexibility index (Phi) is 6.79. The molecule has 0 unspecified atom stereocenters. The lowest BCUT2D eigenvalue weighted by molar-refractivity contribution is -0.140. The maximum Gasteiger partial charge on any atom is 0.347 e. The predicted octanol–water partition coefficient (Wildman–Crippen LogP) is 2.76. The van der Waals surface area contributed by atoms with Crippen LogP contribution >= 0.6 is 0 Å². The molecule has 4 heterocycles. The van der Waals surface area contributed by atoms with E-state index >= 15 is 0 Å². The Morgan fingerprint density at radius 1 is 1.22 bits per heavy atom. The van der Waals surface area contributed by atoms with Crippen LogP contribution in [0.1, 0.15) is 5.56 Å². The molecule has 36 heavy (non-hydrogen) atoms. The van der Waals surface area contributed by atoms with Crippen LogP contribution in [-0.2, 0) is 19.1 Å². The van der Waals surface area contributed by atoms with E-state index in [1.807, 2.05) is 6.07 Å². The summed E-state index contributed by atoms with van der Waals surface area (Å²) in [6, 6.07) is 9.16. The standard InChI is InChI=1S/C26H26FN5O4/c1-31-9-11-32(12-10-31)13-14-35-26(34)22-23(33)21(15-17-16-29-24-20(17)3-2-8-28-24)36-25(22)30-19-6-4-18(27)5-7-19/h2-8,15-16,30H,9-14H2,1H3,(H,28,29)/b21-15-. The molecule has 9 nitrogen and oxygen atoms in total. The van der Waals surface area contributed by atoms with Crippen molar-refractivity contribution in [2.24, 2.45) is 0 Å². The fourth-order valence-electron chi connectivity index (χ4n) is 4.12. The number of allylic oxidation sites excluding steroid dienone is 1. The average molecular weight is 492 g/mol. The van der Waals surface area contributed by atoms with Crippen molar-refractivity contribution >= 4 is 34.5 Å². The summed E-state index contributed by atoms with van der Waals surface area (Å²) in [4.78, 5) is 38.0. The molecule has 3 aromatic rings. The second-order valence-corrected chi connectivity index (χ2v) is 8.70. The Balaban J connectivity index is 1.35. The van der Waals surface area contributed by atoms with Gasteiger partial charge in [0, 0.05) is 61.8 Å². The molecule has 2 aromatic heterocycles. The van der Waals surface area contributed by atoms with Crippen molar-refractivity contribution in [1.29, 1.82) is 0 Å². The zero-order valence-corrected chi connectivity index (χ0v) is 19.8. The van der Waals surface area contributed by atoms with E-state index in [-0.39, 0.29) is 23.8 Å². The molecule has 10 heteroatoms. The number of aromatic nitrogens is 2. The summed E-state index contributed by atoms with van der Waals surface area (Å²) in [5, 5.41) is 3.72. The Morgan fingerprint density at radius 2 is 2.00 bits per heavy atom. The van der Waals surface area contributed by atoms with Crippen LogP contribution in [0.15, 0.2) is 66.0 Å². The smallest absolute Gasteiger partial charge is 0.347 e. The zero-order chi connectivity index (χ0) is 25.1. The highest BCUT2D eigenvalue weighted by Gasteiger charge is 2.37. The quantitative estimate of drug-likeness (QED) is 0.296. The highest BCUT2D eigenvalue weighted by molar-refractivity contribution is 6.26. The van der Waals surface area contributed by atoms with E-state index in [4.69, 9.17) is 9.47 Å². The van der Waals surface area contributed by atoms with Crippen LogP contribution in [0, 0.1) is 5.82 Å². The summed E-state index contributed by atoms with van der Waals surface area (Å²) < 4.78 is 24.6. The van der Waals surface area contributed by atoms with Crippen LogP contribution in [-0.4, -0.2) is 77.9 Å². The lowest BCUT2D eigenvalue weighted by Crippen LogP contribution is -2.45. The number of fused-ring (bicyclic) bond motifs is 1. The number of carbonyl (C=O) groups excluding carboxylic acids is 2. The third-order valence-electron chi connectivity index (χ3n) is 6.20. The lowest BCUT2D eigenvalue weighted by atomic mass is 10.1. The van der Waals surface area contributed by atoms with Gasteiger partial charge in [-0.05, 0) is 49.5 Å². The predicted molar refractivity (Wildman–Crippen MR) is 132 cm³/mol. The van der Waals surface area contributed by atoms with Crippen molar-refractivity contribution in [3.05, 3.63) is 77.4 Å². The van der Waals surface area contributed by atoms with Crippen LogP contribution in [0.4, 0.5) is 10.1 Å². The number of rotatable bonds is 7. The molecule has 2 aliphatic heterocycles. The van der Waals surface area contributed by atoms with Crippen LogP contribution in [0.2, 0.25) is 0 Å². The molecule has 1 aromatic carbocycles. The number of Topliss-reactive ketones (excluding diaryl/α,β-unsaturated/α-hetero) is 1. The SMILES string of the molecule is CN1CCN(CCOC(=O)C2=C(Nc3ccc(F)cc3)O/C(=C\c3c[nH]c4ncccc34)C2=O)CC1. The number of ketones is 1. The molecule has 5 rings (SSSR count). The third kappa shape index (κ3) is 5.14. The second-order valence-electron chi connectivity index (χ2n) is 8.70. The van der Waals surface area contributed by atoms with Crippen molar-refractivity contribution < 1.29 is 23.5 Å². The average Bonchev–Trinajstić information content (AvgIpc) is 3.42. The minimum atomic E-state index is -0.775. The van der Waals surface area contributed by atoms with Crippen molar-refractivity contribution in [2.45, 2.75) is 0 Å². The number of pyridine rings is 1. The summed E-state index contributed by atoms with van der Waals surface area (Å²) in [5.41, 5.74) is 1.57. The second kappa shape index (κ2) is 10.3. The molecule has 0 spiro atoms. The minimum absolute atomic E-state index is 0.0321. The van der Waals surface area contributed by atoms with E-state index in [2.05, 4.69) is 32.1 Å². The van der Waals surface area contributed by atoms with E-state index in [9.17, 15) is 14.0 Å². The number of esters is 1. The monoisotopic (exact) mass is 491 g/mol. The van der Waals surface area contributed by atoms with E-state index in [0.717, 1.165) is 31.6 Å². The molecule has 0 radical (unpaired) electrons. The first-order chi connectivity index (χ1) is 17.5. The topological polar surface area (TPSA) is 99.8 Å². The molecule has 0 aliphatic carbocycles. The van der Waals surface area contributed by atoms with E-state index < -0.39 is 17.6 Å². The highest BCUT2D eigenvalue weighted by Crippen LogP contribution is 2.30. The molecular weight excluding hydrogens is 465 g/mol. The number of nitrogens with one attached hydrogen (secondary N) is 2. The molecule has 0 saturated carbocycles. The lowest BCUT2D eigenvalue weighted by Gasteiger charge is -2.32. The third-order valence-corrected chi connectivity index (χ3v) is 6.20. The normalized spacial score (nSPS) is 18.2. The van der Waals surface area contributed by atoms with Gasteiger partial charge >= 0.3 is 5.97 Å². The van der Waals surface area contributed by atoms with Gasteiger partial charge < -0.3 is 24.7 Å². The number of nitrogens with zero attached hydrogens (tertiary/aromatic N) is 3.